The van der Waals surface area contributed by atoms with E-state index in [1.54, 1.807) is 19.2 Å². The van der Waals surface area contributed by atoms with Crippen LogP contribution in [0.1, 0.15) is 32.3 Å². The second-order valence-electron chi connectivity index (χ2n) is 4.96. The smallest absolute Gasteiger partial charge is 0.270 e. The molecule has 0 radical (unpaired) electrons. The topological polar surface area (TPSA) is 64.4 Å². The minimum atomic E-state index is -0.387. The first-order valence-electron chi connectivity index (χ1n) is 6.59. The van der Waals surface area contributed by atoms with Gasteiger partial charge in [-0.25, -0.2) is 0 Å². The van der Waals surface area contributed by atoms with E-state index in [1.165, 1.54) is 6.07 Å². The van der Waals surface area contributed by atoms with E-state index < -0.39 is 0 Å². The van der Waals surface area contributed by atoms with Crippen LogP contribution in [-0.4, -0.2) is 18.6 Å². The van der Waals surface area contributed by atoms with Crippen LogP contribution in [0.5, 0.6) is 5.75 Å². The molecule has 1 aromatic carbocycles. The maximum absolute atomic E-state index is 10.7. The molecule has 0 amide bonds. The second kappa shape index (κ2) is 7.74. The molecule has 0 spiro atoms. The van der Waals surface area contributed by atoms with Gasteiger partial charge in [-0.15, -0.1) is 0 Å². The average Bonchev–Trinajstić information content (AvgIpc) is 2.35. The van der Waals surface area contributed by atoms with Crippen LogP contribution < -0.4 is 10.1 Å². The Bertz CT molecular complexity index is 419. The second-order valence-corrected chi connectivity index (χ2v) is 4.96. The van der Waals surface area contributed by atoms with Gasteiger partial charge in [-0.05, 0) is 31.9 Å². The highest BCUT2D eigenvalue weighted by atomic mass is 16.6. The van der Waals surface area contributed by atoms with Crippen molar-refractivity contribution in [2.45, 2.75) is 33.2 Å². The van der Waals surface area contributed by atoms with E-state index in [-0.39, 0.29) is 10.6 Å². The van der Waals surface area contributed by atoms with Crippen molar-refractivity contribution >= 4 is 5.69 Å². The number of nitro groups is 1. The van der Waals surface area contributed by atoms with Crippen molar-refractivity contribution in [3.05, 3.63) is 33.9 Å². The average molecular weight is 266 g/mol. The van der Waals surface area contributed by atoms with Gasteiger partial charge in [0.25, 0.3) is 5.69 Å². The molecule has 5 nitrogen and oxygen atoms in total. The lowest BCUT2D eigenvalue weighted by Crippen LogP contribution is -2.09. The highest BCUT2D eigenvalue weighted by Gasteiger charge is 2.11. The van der Waals surface area contributed by atoms with E-state index in [0.717, 1.165) is 24.2 Å². The van der Waals surface area contributed by atoms with Gasteiger partial charge in [0.15, 0.2) is 0 Å². The van der Waals surface area contributed by atoms with Crippen molar-refractivity contribution in [2.75, 3.05) is 13.7 Å². The molecule has 0 aromatic heterocycles. The molecule has 19 heavy (non-hydrogen) atoms. The zero-order valence-corrected chi connectivity index (χ0v) is 11.8. The monoisotopic (exact) mass is 266 g/mol. The summed E-state index contributed by atoms with van der Waals surface area (Å²) in [6.07, 6.45) is 2.11. The van der Waals surface area contributed by atoms with E-state index in [0.29, 0.717) is 19.1 Å². The van der Waals surface area contributed by atoms with Crippen LogP contribution >= 0.6 is 0 Å². The molecule has 0 saturated heterocycles. The lowest BCUT2D eigenvalue weighted by molar-refractivity contribution is -0.384. The Morgan fingerprint density at radius 2 is 2.16 bits per heavy atom. The van der Waals surface area contributed by atoms with Gasteiger partial charge < -0.3 is 10.1 Å². The molecule has 5 heteroatoms. The van der Waals surface area contributed by atoms with Gasteiger partial charge in [0.05, 0.1) is 11.5 Å². The fourth-order valence-electron chi connectivity index (χ4n) is 1.82. The van der Waals surface area contributed by atoms with Crippen LogP contribution in [0.15, 0.2) is 18.2 Å². The van der Waals surface area contributed by atoms with E-state index in [9.17, 15) is 10.1 Å². The van der Waals surface area contributed by atoms with E-state index in [2.05, 4.69) is 19.2 Å². The summed E-state index contributed by atoms with van der Waals surface area (Å²) >= 11 is 0. The van der Waals surface area contributed by atoms with E-state index >= 15 is 0 Å². The summed E-state index contributed by atoms with van der Waals surface area (Å²) in [5.41, 5.74) is 0.918. The molecule has 0 aliphatic heterocycles. The number of nitro benzene ring substituents is 1. The number of rotatable bonds is 8. The van der Waals surface area contributed by atoms with Crippen molar-refractivity contribution in [1.29, 1.82) is 0 Å². The summed E-state index contributed by atoms with van der Waals surface area (Å²) in [6.45, 7) is 5.56. The molecule has 1 N–H and O–H groups in total. The van der Waals surface area contributed by atoms with Crippen molar-refractivity contribution in [3.8, 4) is 5.75 Å². The van der Waals surface area contributed by atoms with Gasteiger partial charge in [-0.1, -0.05) is 13.8 Å². The van der Waals surface area contributed by atoms with Crippen molar-refractivity contribution < 1.29 is 9.66 Å². The minimum absolute atomic E-state index is 0.0970. The Morgan fingerprint density at radius 3 is 2.74 bits per heavy atom. The van der Waals surface area contributed by atoms with Crippen LogP contribution in [0.2, 0.25) is 0 Å². The highest BCUT2D eigenvalue weighted by Crippen LogP contribution is 2.24. The van der Waals surface area contributed by atoms with Gasteiger partial charge >= 0.3 is 0 Å². The van der Waals surface area contributed by atoms with E-state index in [1.807, 2.05) is 0 Å². The Morgan fingerprint density at radius 1 is 1.42 bits per heavy atom. The highest BCUT2D eigenvalue weighted by molar-refractivity contribution is 5.43. The number of benzene rings is 1. The molecule has 1 rings (SSSR count). The van der Waals surface area contributed by atoms with Gasteiger partial charge in [0.2, 0.25) is 0 Å². The molecular weight excluding hydrogens is 244 g/mol. The molecule has 0 bridgehead atoms. The van der Waals surface area contributed by atoms with Crippen LogP contribution in [0.4, 0.5) is 5.69 Å². The molecule has 0 heterocycles. The molecule has 106 valence electrons. The Hall–Kier alpha value is -1.62. The number of non-ortho nitro benzene ring substituents is 1. The first-order chi connectivity index (χ1) is 9.04. The molecule has 0 aliphatic carbocycles. The zero-order valence-electron chi connectivity index (χ0n) is 11.8. The Kier molecular flexibility index (Phi) is 6.29. The largest absolute Gasteiger partial charge is 0.493 e. The third kappa shape index (κ3) is 5.26. The van der Waals surface area contributed by atoms with Gasteiger partial charge in [-0.2, -0.15) is 0 Å². The molecule has 0 atom stereocenters. The van der Waals surface area contributed by atoms with Crippen molar-refractivity contribution in [1.82, 2.24) is 5.32 Å². The third-order valence-electron chi connectivity index (χ3n) is 2.81. The van der Waals surface area contributed by atoms with Gasteiger partial charge in [0.1, 0.15) is 5.75 Å². The summed E-state index contributed by atoms with van der Waals surface area (Å²) in [6, 6.07) is 4.73. The summed E-state index contributed by atoms with van der Waals surface area (Å²) in [5, 5.41) is 13.7. The van der Waals surface area contributed by atoms with Crippen LogP contribution in [0, 0.1) is 16.0 Å². The number of hydrogen-bond acceptors (Lipinski definition) is 4. The normalized spacial score (nSPS) is 10.7. The molecule has 1 aromatic rings. The quantitative estimate of drug-likeness (QED) is 0.446. The van der Waals surface area contributed by atoms with Gasteiger partial charge in [-0.3, -0.25) is 10.1 Å². The van der Waals surface area contributed by atoms with E-state index in [4.69, 9.17) is 4.74 Å². The molecule has 0 saturated carbocycles. The standard InChI is InChI=1S/C14H22N2O3/c1-11(2)5-4-8-19-14-7-6-13(16(17)18)9-12(14)10-15-3/h6-7,9,11,15H,4-5,8,10H2,1-3H3. The van der Waals surface area contributed by atoms with Crippen molar-refractivity contribution in [3.63, 3.8) is 0 Å². The first kappa shape index (κ1) is 15.4. The van der Waals surface area contributed by atoms with Crippen LogP contribution in [0.25, 0.3) is 0 Å². The molecule has 0 aliphatic rings. The maximum Gasteiger partial charge on any atom is 0.270 e. The molecule has 0 unspecified atom stereocenters. The molecule has 0 fully saturated rings. The van der Waals surface area contributed by atoms with Gasteiger partial charge in [0, 0.05) is 24.2 Å². The fourth-order valence-corrected chi connectivity index (χ4v) is 1.82. The number of nitrogens with zero attached hydrogens (tertiary/aromatic N) is 1. The van der Waals surface area contributed by atoms with Crippen LogP contribution in [-0.2, 0) is 6.54 Å². The SMILES string of the molecule is CNCc1cc([N+](=O)[O-])ccc1OCCCC(C)C. The predicted octanol–water partition coefficient (Wildman–Crippen LogP) is 3.13. The lowest BCUT2D eigenvalue weighted by Gasteiger charge is -2.12. The fraction of sp³-hybridized carbons (Fsp3) is 0.571. The third-order valence-corrected chi connectivity index (χ3v) is 2.81. The van der Waals surface area contributed by atoms with Crippen LogP contribution in [0.3, 0.4) is 0 Å². The predicted molar refractivity (Wildman–Crippen MR) is 75.4 cm³/mol. The number of hydrogen-bond donors (Lipinski definition) is 1. The zero-order chi connectivity index (χ0) is 14.3. The Labute approximate surface area is 114 Å². The minimum Gasteiger partial charge on any atom is -0.493 e. The number of ether oxygens (including phenoxy) is 1. The summed E-state index contributed by atoms with van der Waals surface area (Å²) in [7, 11) is 1.81. The van der Waals surface area contributed by atoms with Crippen molar-refractivity contribution in [2.24, 2.45) is 5.92 Å². The first-order valence-corrected chi connectivity index (χ1v) is 6.59. The molecular formula is C14H22N2O3. The summed E-state index contributed by atoms with van der Waals surface area (Å²) in [4.78, 5) is 10.4. The Balaban J connectivity index is 2.68. The maximum atomic E-state index is 10.7. The number of nitrogens with one attached hydrogen (secondary N) is 1. The summed E-state index contributed by atoms with van der Waals surface area (Å²) in [5.74, 6) is 1.39. The lowest BCUT2D eigenvalue weighted by atomic mass is 10.1. The summed E-state index contributed by atoms with van der Waals surface area (Å²) < 4.78 is 5.71.